The maximum absolute atomic E-state index is 5.93. The Bertz CT molecular complexity index is 331. The van der Waals surface area contributed by atoms with E-state index in [1.54, 1.807) is 0 Å². The van der Waals surface area contributed by atoms with Crippen molar-refractivity contribution in [1.82, 2.24) is 0 Å². The quantitative estimate of drug-likeness (QED) is 0.612. The average molecular weight is 176 g/mol. The summed E-state index contributed by atoms with van der Waals surface area (Å²) < 4.78 is 0. The first-order valence-electron chi connectivity index (χ1n) is 4.81. The van der Waals surface area contributed by atoms with E-state index in [1.807, 2.05) is 5.01 Å². The highest BCUT2D eigenvalue weighted by Gasteiger charge is 2.16. The number of hydrazine groups is 1. The zero-order valence-corrected chi connectivity index (χ0v) is 8.30. The molecule has 0 aliphatic carbocycles. The van der Waals surface area contributed by atoms with Gasteiger partial charge in [0.2, 0.25) is 0 Å². The molecule has 0 aromatic heterocycles. The predicted molar refractivity (Wildman–Crippen MR) is 55.8 cm³/mol. The molecule has 1 aliphatic rings. The van der Waals surface area contributed by atoms with Crippen LogP contribution in [0.1, 0.15) is 23.1 Å². The van der Waals surface area contributed by atoms with E-state index in [4.69, 9.17) is 5.84 Å². The number of aryl methyl sites for hydroxylation is 3. The Hall–Kier alpha value is -1.02. The monoisotopic (exact) mass is 176 g/mol. The summed E-state index contributed by atoms with van der Waals surface area (Å²) in [6, 6.07) is 4.45. The Morgan fingerprint density at radius 3 is 2.85 bits per heavy atom. The Kier molecular flexibility index (Phi) is 2.00. The van der Waals surface area contributed by atoms with Crippen molar-refractivity contribution in [3.8, 4) is 0 Å². The van der Waals surface area contributed by atoms with E-state index in [0.29, 0.717) is 0 Å². The molecule has 1 aromatic rings. The number of nitrogens with zero attached hydrogens (tertiary/aromatic N) is 1. The molecular formula is C11H16N2. The normalized spacial score (nSPS) is 15.8. The van der Waals surface area contributed by atoms with Crippen LogP contribution in [0.3, 0.4) is 0 Å². The van der Waals surface area contributed by atoms with Crippen molar-refractivity contribution >= 4 is 5.69 Å². The third-order valence-corrected chi connectivity index (χ3v) is 2.66. The molecule has 2 N–H and O–H groups in total. The molecule has 70 valence electrons. The summed E-state index contributed by atoms with van der Waals surface area (Å²) >= 11 is 0. The van der Waals surface area contributed by atoms with Crippen LogP contribution in [0.25, 0.3) is 0 Å². The lowest BCUT2D eigenvalue weighted by Crippen LogP contribution is -2.36. The Morgan fingerprint density at radius 1 is 1.31 bits per heavy atom. The molecule has 2 rings (SSSR count). The maximum atomic E-state index is 5.93. The molecule has 1 aromatic carbocycles. The minimum Gasteiger partial charge on any atom is -0.311 e. The van der Waals surface area contributed by atoms with Crippen LogP contribution in [0.2, 0.25) is 0 Å². The molecule has 0 fully saturated rings. The van der Waals surface area contributed by atoms with Gasteiger partial charge in [-0.25, -0.2) is 5.84 Å². The first-order valence-corrected chi connectivity index (χ1v) is 4.81. The number of fused-ring (bicyclic) bond motifs is 1. The number of hydrogen-bond acceptors (Lipinski definition) is 2. The smallest absolute Gasteiger partial charge is 0.0578 e. The fraction of sp³-hybridized carbons (Fsp3) is 0.455. The van der Waals surface area contributed by atoms with Gasteiger partial charge in [-0.1, -0.05) is 17.7 Å². The molecule has 1 aliphatic heterocycles. The summed E-state index contributed by atoms with van der Waals surface area (Å²) in [5.41, 5.74) is 5.30. The van der Waals surface area contributed by atoms with Crippen molar-refractivity contribution in [2.75, 3.05) is 11.6 Å². The van der Waals surface area contributed by atoms with E-state index >= 15 is 0 Å². The fourth-order valence-electron chi connectivity index (χ4n) is 2.20. The average Bonchev–Trinajstić information content (AvgIpc) is 2.02. The van der Waals surface area contributed by atoms with Gasteiger partial charge in [0, 0.05) is 6.54 Å². The van der Waals surface area contributed by atoms with Gasteiger partial charge in [0.15, 0.2) is 0 Å². The van der Waals surface area contributed by atoms with Gasteiger partial charge in [0.05, 0.1) is 5.69 Å². The first kappa shape index (κ1) is 8.57. The Balaban J connectivity index is 2.56. The summed E-state index contributed by atoms with van der Waals surface area (Å²) in [6.07, 6.45) is 2.35. The lowest BCUT2D eigenvalue weighted by Gasteiger charge is -2.28. The van der Waals surface area contributed by atoms with Crippen LogP contribution in [-0.2, 0) is 6.42 Å². The molecule has 0 saturated carbocycles. The van der Waals surface area contributed by atoms with E-state index in [0.717, 1.165) is 6.54 Å². The Morgan fingerprint density at radius 2 is 2.08 bits per heavy atom. The summed E-state index contributed by atoms with van der Waals surface area (Å²) in [5, 5.41) is 1.88. The van der Waals surface area contributed by atoms with E-state index in [9.17, 15) is 0 Å². The third-order valence-electron chi connectivity index (χ3n) is 2.66. The van der Waals surface area contributed by atoms with Gasteiger partial charge in [-0.15, -0.1) is 0 Å². The number of anilines is 1. The third kappa shape index (κ3) is 1.42. The molecule has 0 radical (unpaired) electrons. The standard InChI is InChI=1S/C11H16N2/c1-8-6-9(2)11-10(7-8)4-3-5-13(11)12/h6-7H,3-5,12H2,1-2H3. The van der Waals surface area contributed by atoms with Crippen molar-refractivity contribution in [2.45, 2.75) is 26.7 Å². The van der Waals surface area contributed by atoms with Crippen LogP contribution in [0, 0.1) is 13.8 Å². The molecule has 0 bridgehead atoms. The van der Waals surface area contributed by atoms with Gasteiger partial charge in [-0.05, 0) is 37.8 Å². The van der Waals surface area contributed by atoms with Crippen LogP contribution in [0.5, 0.6) is 0 Å². The van der Waals surface area contributed by atoms with E-state index < -0.39 is 0 Å². The van der Waals surface area contributed by atoms with Crippen LogP contribution in [0.4, 0.5) is 5.69 Å². The highest BCUT2D eigenvalue weighted by molar-refractivity contribution is 5.61. The summed E-state index contributed by atoms with van der Waals surface area (Å²) in [4.78, 5) is 0. The second kappa shape index (κ2) is 3.04. The molecule has 0 unspecified atom stereocenters. The minimum absolute atomic E-state index is 0.983. The van der Waals surface area contributed by atoms with Crippen molar-refractivity contribution in [3.05, 3.63) is 28.8 Å². The maximum Gasteiger partial charge on any atom is 0.0578 e. The highest BCUT2D eigenvalue weighted by Crippen LogP contribution is 2.29. The number of benzene rings is 1. The van der Waals surface area contributed by atoms with Gasteiger partial charge >= 0.3 is 0 Å². The van der Waals surface area contributed by atoms with Gasteiger partial charge in [0.1, 0.15) is 0 Å². The second-order valence-electron chi connectivity index (χ2n) is 3.89. The lowest BCUT2D eigenvalue weighted by molar-refractivity contribution is 0.710. The van der Waals surface area contributed by atoms with E-state index in [-0.39, 0.29) is 0 Å². The second-order valence-corrected chi connectivity index (χ2v) is 3.89. The van der Waals surface area contributed by atoms with Crippen LogP contribution in [0.15, 0.2) is 12.1 Å². The van der Waals surface area contributed by atoms with Crippen molar-refractivity contribution < 1.29 is 0 Å². The van der Waals surface area contributed by atoms with Crippen molar-refractivity contribution in [3.63, 3.8) is 0 Å². The molecule has 13 heavy (non-hydrogen) atoms. The lowest BCUT2D eigenvalue weighted by atomic mass is 9.97. The van der Waals surface area contributed by atoms with Gasteiger partial charge < -0.3 is 5.01 Å². The molecule has 2 heteroatoms. The first-order chi connectivity index (χ1) is 6.18. The largest absolute Gasteiger partial charge is 0.311 e. The summed E-state index contributed by atoms with van der Waals surface area (Å²) in [5.74, 6) is 5.93. The highest BCUT2D eigenvalue weighted by atomic mass is 15.4. The van der Waals surface area contributed by atoms with Crippen LogP contribution < -0.4 is 10.9 Å². The fourth-order valence-corrected chi connectivity index (χ4v) is 2.20. The molecule has 2 nitrogen and oxygen atoms in total. The molecule has 1 heterocycles. The topological polar surface area (TPSA) is 29.3 Å². The SMILES string of the molecule is Cc1cc(C)c2c(c1)CCCN2N. The van der Waals surface area contributed by atoms with E-state index in [2.05, 4.69) is 26.0 Å². The predicted octanol–water partition coefficient (Wildman–Crippen LogP) is 1.93. The zero-order chi connectivity index (χ0) is 9.42. The van der Waals surface area contributed by atoms with Crippen LogP contribution in [-0.4, -0.2) is 6.54 Å². The van der Waals surface area contributed by atoms with Crippen molar-refractivity contribution in [2.24, 2.45) is 5.84 Å². The summed E-state index contributed by atoms with van der Waals surface area (Å²) in [7, 11) is 0. The summed E-state index contributed by atoms with van der Waals surface area (Å²) in [6.45, 7) is 5.26. The minimum atomic E-state index is 0.983. The van der Waals surface area contributed by atoms with Gasteiger partial charge in [-0.3, -0.25) is 0 Å². The molecular weight excluding hydrogens is 160 g/mol. The van der Waals surface area contributed by atoms with Crippen molar-refractivity contribution in [1.29, 1.82) is 0 Å². The van der Waals surface area contributed by atoms with Crippen LogP contribution >= 0.6 is 0 Å². The number of rotatable bonds is 0. The number of hydrogen-bond donors (Lipinski definition) is 1. The Labute approximate surface area is 79.3 Å². The molecule has 0 saturated heterocycles. The molecule has 0 spiro atoms. The zero-order valence-electron chi connectivity index (χ0n) is 8.30. The van der Waals surface area contributed by atoms with Gasteiger partial charge in [-0.2, -0.15) is 0 Å². The molecule has 0 amide bonds. The van der Waals surface area contributed by atoms with Gasteiger partial charge in [0.25, 0.3) is 0 Å². The number of nitrogens with two attached hydrogens (primary N) is 1. The molecule has 0 atom stereocenters. The van der Waals surface area contributed by atoms with E-state index in [1.165, 1.54) is 35.2 Å².